The summed E-state index contributed by atoms with van der Waals surface area (Å²) in [6.45, 7) is 2.96. The van der Waals surface area contributed by atoms with Gasteiger partial charge in [-0.3, -0.25) is 4.79 Å². The number of nitrogens with one attached hydrogen (secondary N) is 2. The SMILES string of the molecule is CNC(=O)c1ccc(CNCCCN(C)C)cc1. The van der Waals surface area contributed by atoms with E-state index < -0.39 is 0 Å². The van der Waals surface area contributed by atoms with Crippen molar-refractivity contribution in [3.8, 4) is 0 Å². The van der Waals surface area contributed by atoms with Gasteiger partial charge in [0, 0.05) is 19.2 Å². The molecule has 0 saturated heterocycles. The second kappa shape index (κ2) is 7.84. The summed E-state index contributed by atoms with van der Waals surface area (Å²) in [7, 11) is 5.80. The first-order valence-electron chi connectivity index (χ1n) is 6.30. The number of carbonyl (C=O) groups excluding carboxylic acids is 1. The molecule has 2 N–H and O–H groups in total. The minimum Gasteiger partial charge on any atom is -0.355 e. The quantitative estimate of drug-likeness (QED) is 0.711. The lowest BCUT2D eigenvalue weighted by molar-refractivity contribution is 0.0963. The predicted molar refractivity (Wildman–Crippen MR) is 74.7 cm³/mol. The maximum Gasteiger partial charge on any atom is 0.251 e. The summed E-state index contributed by atoms with van der Waals surface area (Å²) in [5.74, 6) is -0.0412. The number of hydrogen-bond acceptors (Lipinski definition) is 3. The van der Waals surface area contributed by atoms with Gasteiger partial charge in [0.05, 0.1) is 0 Å². The Labute approximate surface area is 109 Å². The topological polar surface area (TPSA) is 44.4 Å². The Morgan fingerprint density at radius 3 is 2.44 bits per heavy atom. The average molecular weight is 249 g/mol. The fourth-order valence-electron chi connectivity index (χ4n) is 1.67. The fraction of sp³-hybridized carbons (Fsp3) is 0.500. The molecule has 0 spiro atoms. The van der Waals surface area contributed by atoms with E-state index in [1.165, 1.54) is 5.56 Å². The number of hydrogen-bond donors (Lipinski definition) is 2. The zero-order valence-corrected chi connectivity index (χ0v) is 11.5. The van der Waals surface area contributed by atoms with E-state index in [4.69, 9.17) is 0 Å². The number of amides is 1. The van der Waals surface area contributed by atoms with Gasteiger partial charge >= 0.3 is 0 Å². The third-order valence-corrected chi connectivity index (χ3v) is 2.73. The number of nitrogens with zero attached hydrogens (tertiary/aromatic N) is 1. The lowest BCUT2D eigenvalue weighted by atomic mass is 10.1. The smallest absolute Gasteiger partial charge is 0.251 e. The van der Waals surface area contributed by atoms with Gasteiger partial charge in [0.25, 0.3) is 5.91 Å². The molecule has 0 aliphatic heterocycles. The third kappa shape index (κ3) is 5.29. The van der Waals surface area contributed by atoms with Gasteiger partial charge in [-0.15, -0.1) is 0 Å². The maximum atomic E-state index is 11.4. The molecule has 0 fully saturated rings. The number of carbonyl (C=O) groups is 1. The lowest BCUT2D eigenvalue weighted by Gasteiger charge is -2.10. The molecule has 1 amide bonds. The van der Waals surface area contributed by atoms with Crippen molar-refractivity contribution in [3.05, 3.63) is 35.4 Å². The molecule has 0 heterocycles. The van der Waals surface area contributed by atoms with Crippen LogP contribution in [0.1, 0.15) is 22.3 Å². The van der Waals surface area contributed by atoms with Gasteiger partial charge in [-0.2, -0.15) is 0 Å². The zero-order valence-electron chi connectivity index (χ0n) is 11.5. The molecule has 0 aliphatic rings. The molecular formula is C14H23N3O. The molecule has 0 aromatic heterocycles. The van der Waals surface area contributed by atoms with Crippen molar-refractivity contribution in [1.82, 2.24) is 15.5 Å². The molecule has 1 rings (SSSR count). The second-order valence-corrected chi connectivity index (χ2v) is 4.61. The predicted octanol–water partition coefficient (Wildman–Crippen LogP) is 1.09. The van der Waals surface area contributed by atoms with Crippen LogP contribution >= 0.6 is 0 Å². The molecular weight excluding hydrogens is 226 g/mol. The van der Waals surface area contributed by atoms with Crippen molar-refractivity contribution in [2.24, 2.45) is 0 Å². The van der Waals surface area contributed by atoms with Crippen LogP contribution in [0.3, 0.4) is 0 Å². The molecule has 0 bridgehead atoms. The highest BCUT2D eigenvalue weighted by Gasteiger charge is 2.01. The highest BCUT2D eigenvalue weighted by atomic mass is 16.1. The summed E-state index contributed by atoms with van der Waals surface area (Å²) < 4.78 is 0. The van der Waals surface area contributed by atoms with Crippen LogP contribution in [0.15, 0.2) is 24.3 Å². The Morgan fingerprint density at radius 2 is 1.89 bits per heavy atom. The van der Waals surface area contributed by atoms with Gasteiger partial charge in [-0.05, 0) is 51.3 Å². The van der Waals surface area contributed by atoms with E-state index in [0.29, 0.717) is 5.56 Å². The summed E-state index contributed by atoms with van der Waals surface area (Å²) >= 11 is 0. The van der Waals surface area contributed by atoms with E-state index in [0.717, 1.165) is 26.1 Å². The van der Waals surface area contributed by atoms with Crippen LogP contribution < -0.4 is 10.6 Å². The Bertz CT molecular complexity index is 360. The summed E-state index contributed by atoms with van der Waals surface area (Å²) in [6.07, 6.45) is 1.14. The average Bonchev–Trinajstić information content (AvgIpc) is 2.38. The van der Waals surface area contributed by atoms with Crippen LogP contribution in [-0.2, 0) is 6.54 Å². The Balaban J connectivity index is 2.29. The van der Waals surface area contributed by atoms with Gasteiger partial charge < -0.3 is 15.5 Å². The lowest BCUT2D eigenvalue weighted by Crippen LogP contribution is -2.21. The minimum absolute atomic E-state index is 0.0412. The largest absolute Gasteiger partial charge is 0.355 e. The van der Waals surface area contributed by atoms with E-state index in [2.05, 4.69) is 29.6 Å². The third-order valence-electron chi connectivity index (χ3n) is 2.73. The first-order chi connectivity index (χ1) is 8.63. The molecule has 18 heavy (non-hydrogen) atoms. The Kier molecular flexibility index (Phi) is 6.39. The monoisotopic (exact) mass is 249 g/mol. The fourth-order valence-corrected chi connectivity index (χ4v) is 1.67. The highest BCUT2D eigenvalue weighted by Crippen LogP contribution is 2.04. The first-order valence-corrected chi connectivity index (χ1v) is 6.30. The van der Waals surface area contributed by atoms with Crippen molar-refractivity contribution in [1.29, 1.82) is 0 Å². The zero-order chi connectivity index (χ0) is 13.4. The Morgan fingerprint density at radius 1 is 1.22 bits per heavy atom. The van der Waals surface area contributed by atoms with Crippen LogP contribution in [0, 0.1) is 0 Å². The van der Waals surface area contributed by atoms with Crippen LogP contribution in [0.25, 0.3) is 0 Å². The standard InChI is InChI=1S/C14H23N3O/c1-15-14(18)13-7-5-12(6-8-13)11-16-9-4-10-17(2)3/h5-8,16H,4,9-11H2,1-3H3,(H,15,18). The van der Waals surface area contributed by atoms with E-state index >= 15 is 0 Å². The molecule has 0 unspecified atom stereocenters. The molecule has 0 aliphatic carbocycles. The normalized spacial score (nSPS) is 10.7. The van der Waals surface area contributed by atoms with Gasteiger partial charge in [0.15, 0.2) is 0 Å². The van der Waals surface area contributed by atoms with E-state index in [9.17, 15) is 4.79 Å². The summed E-state index contributed by atoms with van der Waals surface area (Å²) in [5.41, 5.74) is 1.90. The Hall–Kier alpha value is -1.39. The minimum atomic E-state index is -0.0412. The highest BCUT2D eigenvalue weighted by molar-refractivity contribution is 5.93. The maximum absolute atomic E-state index is 11.4. The van der Waals surface area contributed by atoms with Crippen LogP contribution in [0.4, 0.5) is 0 Å². The first kappa shape index (κ1) is 14.7. The summed E-state index contributed by atoms with van der Waals surface area (Å²) in [6, 6.07) is 7.69. The molecule has 4 nitrogen and oxygen atoms in total. The van der Waals surface area contributed by atoms with Crippen LogP contribution in [0.2, 0.25) is 0 Å². The van der Waals surface area contributed by atoms with Gasteiger partial charge in [-0.25, -0.2) is 0 Å². The number of benzene rings is 1. The van der Waals surface area contributed by atoms with Crippen molar-refractivity contribution in [3.63, 3.8) is 0 Å². The summed E-state index contributed by atoms with van der Waals surface area (Å²) in [5, 5.41) is 6.00. The van der Waals surface area contributed by atoms with E-state index in [1.807, 2.05) is 24.3 Å². The molecule has 100 valence electrons. The van der Waals surface area contributed by atoms with Crippen LogP contribution in [-0.4, -0.2) is 45.0 Å². The van der Waals surface area contributed by atoms with Gasteiger partial charge in [0.1, 0.15) is 0 Å². The molecule has 4 heteroatoms. The van der Waals surface area contributed by atoms with Crippen molar-refractivity contribution in [2.45, 2.75) is 13.0 Å². The molecule has 0 radical (unpaired) electrons. The number of rotatable bonds is 7. The molecule has 0 saturated carbocycles. The molecule has 1 aromatic carbocycles. The van der Waals surface area contributed by atoms with Gasteiger partial charge in [0.2, 0.25) is 0 Å². The van der Waals surface area contributed by atoms with Crippen molar-refractivity contribution < 1.29 is 4.79 Å². The van der Waals surface area contributed by atoms with Crippen LogP contribution in [0.5, 0.6) is 0 Å². The van der Waals surface area contributed by atoms with Crippen molar-refractivity contribution >= 4 is 5.91 Å². The van der Waals surface area contributed by atoms with E-state index in [-0.39, 0.29) is 5.91 Å². The molecule has 0 atom stereocenters. The van der Waals surface area contributed by atoms with E-state index in [1.54, 1.807) is 7.05 Å². The summed E-state index contributed by atoms with van der Waals surface area (Å²) in [4.78, 5) is 13.5. The van der Waals surface area contributed by atoms with Crippen molar-refractivity contribution in [2.75, 3.05) is 34.2 Å². The van der Waals surface area contributed by atoms with Gasteiger partial charge in [-0.1, -0.05) is 12.1 Å². The molecule has 1 aromatic rings. The second-order valence-electron chi connectivity index (χ2n) is 4.61.